The molecule has 7 rings (SSSR count). The summed E-state index contributed by atoms with van der Waals surface area (Å²) in [6.07, 6.45) is 0. The minimum Gasteiger partial charge on any atom is -0.457 e. The molecule has 0 atom stereocenters. The van der Waals surface area contributed by atoms with Gasteiger partial charge >= 0.3 is 0 Å². The molecule has 0 spiro atoms. The topological polar surface area (TPSA) is 102 Å². The van der Waals surface area contributed by atoms with Crippen LogP contribution in [0.15, 0.2) is 115 Å². The van der Waals surface area contributed by atoms with E-state index in [1.54, 1.807) is 60.7 Å². The number of hydrogen-bond donors (Lipinski definition) is 1. The first-order valence-electron chi connectivity index (χ1n) is 14.3. The fourth-order valence-corrected chi connectivity index (χ4v) is 5.62. The predicted octanol–water partition coefficient (Wildman–Crippen LogP) is 8.55. The first-order valence-corrected chi connectivity index (χ1v) is 14.3. The number of para-hydroxylation sites is 1. The van der Waals surface area contributed by atoms with Crippen molar-refractivity contribution in [2.24, 2.45) is 0 Å². The van der Waals surface area contributed by atoms with Crippen LogP contribution in [0.2, 0.25) is 0 Å². The minimum atomic E-state index is -0.428. The summed E-state index contributed by atoms with van der Waals surface area (Å²) in [4.78, 5) is 51.0. The van der Waals surface area contributed by atoms with Gasteiger partial charge in [-0.1, -0.05) is 71.2 Å². The molecule has 0 radical (unpaired) electrons. The summed E-state index contributed by atoms with van der Waals surface area (Å²) in [6, 6.07) is 34.1. The number of ether oxygens (including phenoxy) is 2. The number of hydrogen-bond acceptors (Lipinski definition) is 6. The molecule has 2 aliphatic rings. The SMILES string of the molecule is C.C.CC(C)(c1ccc(Oc2ccc3c(c2)C(=O)NC3=O)cc1)c1ccc(Oc2ccc3c(c2)C(=O)N(c2ccccc2)C3=O)cc1. The van der Waals surface area contributed by atoms with Crippen LogP contribution in [0.25, 0.3) is 0 Å². The third-order valence-corrected chi connectivity index (χ3v) is 8.20. The number of anilines is 1. The lowest BCUT2D eigenvalue weighted by atomic mass is 9.78. The Bertz CT molecular complexity index is 2020. The Labute approximate surface area is 273 Å². The summed E-state index contributed by atoms with van der Waals surface area (Å²) < 4.78 is 12.0. The van der Waals surface area contributed by atoms with E-state index >= 15 is 0 Å². The number of fused-ring (bicyclic) bond motifs is 2. The summed E-state index contributed by atoms with van der Waals surface area (Å²) in [5.41, 5.74) is 3.61. The maximum absolute atomic E-state index is 13.1. The molecule has 5 aromatic rings. The number of nitrogens with zero attached hydrogens (tertiary/aromatic N) is 1. The van der Waals surface area contributed by atoms with Crippen molar-refractivity contribution in [1.29, 1.82) is 0 Å². The third-order valence-electron chi connectivity index (χ3n) is 8.20. The maximum atomic E-state index is 13.1. The molecule has 0 aromatic heterocycles. The van der Waals surface area contributed by atoms with Crippen LogP contribution in [0.1, 0.15) is 81.3 Å². The molecule has 47 heavy (non-hydrogen) atoms. The number of imide groups is 2. The fourth-order valence-electron chi connectivity index (χ4n) is 5.62. The van der Waals surface area contributed by atoms with E-state index in [2.05, 4.69) is 19.2 Å². The maximum Gasteiger partial charge on any atom is 0.266 e. The van der Waals surface area contributed by atoms with E-state index in [4.69, 9.17) is 9.47 Å². The Kier molecular flexibility index (Phi) is 8.54. The highest BCUT2D eigenvalue weighted by Gasteiger charge is 2.37. The van der Waals surface area contributed by atoms with E-state index in [0.717, 1.165) is 11.1 Å². The lowest BCUT2D eigenvalue weighted by Crippen LogP contribution is -2.29. The zero-order chi connectivity index (χ0) is 31.3. The van der Waals surface area contributed by atoms with Gasteiger partial charge in [0.15, 0.2) is 0 Å². The Balaban J connectivity index is 0.00000217. The zero-order valence-corrected chi connectivity index (χ0v) is 24.4. The minimum absolute atomic E-state index is 0. The van der Waals surface area contributed by atoms with Gasteiger partial charge in [0.1, 0.15) is 23.0 Å². The number of carbonyl (C=O) groups excluding carboxylic acids is 4. The van der Waals surface area contributed by atoms with Gasteiger partial charge in [-0.3, -0.25) is 24.5 Å². The smallest absolute Gasteiger partial charge is 0.266 e. The zero-order valence-electron chi connectivity index (χ0n) is 24.4. The summed E-state index contributed by atoms with van der Waals surface area (Å²) in [5.74, 6) is 0.565. The number of nitrogens with one attached hydrogen (secondary N) is 1. The van der Waals surface area contributed by atoms with Crippen molar-refractivity contribution >= 4 is 29.3 Å². The van der Waals surface area contributed by atoms with Gasteiger partial charge in [0.2, 0.25) is 0 Å². The number of amides is 4. The number of carbonyl (C=O) groups is 4. The van der Waals surface area contributed by atoms with Gasteiger partial charge < -0.3 is 9.47 Å². The molecule has 0 bridgehead atoms. The van der Waals surface area contributed by atoms with Crippen molar-refractivity contribution in [2.75, 3.05) is 4.90 Å². The van der Waals surface area contributed by atoms with Crippen molar-refractivity contribution in [2.45, 2.75) is 34.1 Å². The second-order valence-electron chi connectivity index (χ2n) is 11.4. The van der Waals surface area contributed by atoms with Gasteiger partial charge in [0.05, 0.1) is 27.9 Å². The highest BCUT2D eigenvalue weighted by Crippen LogP contribution is 2.36. The average Bonchev–Trinajstić information content (AvgIpc) is 3.47. The van der Waals surface area contributed by atoms with Crippen LogP contribution in [-0.2, 0) is 5.41 Å². The molecule has 0 aliphatic carbocycles. The molecule has 8 heteroatoms. The van der Waals surface area contributed by atoms with Crippen LogP contribution in [0, 0.1) is 0 Å². The van der Waals surface area contributed by atoms with Gasteiger partial charge in [-0.05, 0) is 83.9 Å². The Morgan fingerprint density at radius 3 is 1.51 bits per heavy atom. The van der Waals surface area contributed by atoms with Crippen LogP contribution < -0.4 is 19.7 Å². The van der Waals surface area contributed by atoms with Crippen LogP contribution >= 0.6 is 0 Å². The number of rotatable bonds is 7. The summed E-state index contributed by atoms with van der Waals surface area (Å²) in [7, 11) is 0. The molecular formula is C39H34N2O6. The van der Waals surface area contributed by atoms with Gasteiger partial charge in [-0.25, -0.2) is 4.90 Å². The molecule has 0 fully saturated rings. The normalized spacial score (nSPS) is 13.3. The first kappa shape index (κ1) is 32.4. The first-order chi connectivity index (χ1) is 21.7. The number of benzene rings is 5. The van der Waals surface area contributed by atoms with E-state index in [1.807, 2.05) is 54.6 Å². The summed E-state index contributed by atoms with van der Waals surface area (Å²) in [6.45, 7) is 4.24. The highest BCUT2D eigenvalue weighted by molar-refractivity contribution is 6.34. The van der Waals surface area contributed by atoms with Crippen molar-refractivity contribution in [3.05, 3.63) is 149 Å². The van der Waals surface area contributed by atoms with Crippen molar-refractivity contribution in [3.8, 4) is 23.0 Å². The quantitative estimate of drug-likeness (QED) is 0.182. The molecule has 236 valence electrons. The van der Waals surface area contributed by atoms with Gasteiger partial charge in [0, 0.05) is 5.41 Å². The van der Waals surface area contributed by atoms with E-state index in [9.17, 15) is 19.2 Å². The summed E-state index contributed by atoms with van der Waals surface area (Å²) >= 11 is 0. The van der Waals surface area contributed by atoms with Crippen LogP contribution in [0.4, 0.5) is 5.69 Å². The predicted molar refractivity (Wildman–Crippen MR) is 181 cm³/mol. The van der Waals surface area contributed by atoms with Gasteiger partial charge in [-0.2, -0.15) is 0 Å². The molecule has 4 amide bonds. The third kappa shape index (κ3) is 5.77. The molecule has 0 saturated heterocycles. The monoisotopic (exact) mass is 626 g/mol. The standard InChI is InChI=1S/C37H26N2O6.2CH4/c1-37(2,22-8-12-25(13-9-22)44-27-16-18-29-31(20-27)34(41)38-33(29)40)23-10-14-26(15-11-23)45-28-17-19-30-32(21-28)36(43)39(35(30)42)24-6-4-3-5-7-24;;/h3-21H,1-2H3,(H,38,40,41);2*1H4. The molecule has 0 unspecified atom stereocenters. The van der Waals surface area contributed by atoms with E-state index in [0.29, 0.717) is 50.9 Å². The van der Waals surface area contributed by atoms with Crippen molar-refractivity contribution in [1.82, 2.24) is 5.32 Å². The molecular weight excluding hydrogens is 592 g/mol. The van der Waals surface area contributed by atoms with Crippen molar-refractivity contribution in [3.63, 3.8) is 0 Å². The molecule has 1 N–H and O–H groups in total. The Hall–Kier alpha value is -6.02. The second-order valence-corrected chi connectivity index (χ2v) is 11.4. The van der Waals surface area contributed by atoms with Gasteiger partial charge in [0.25, 0.3) is 23.6 Å². The van der Waals surface area contributed by atoms with E-state index in [1.165, 1.54) is 4.90 Å². The van der Waals surface area contributed by atoms with E-state index in [-0.39, 0.29) is 32.1 Å². The summed E-state index contributed by atoms with van der Waals surface area (Å²) in [5, 5.41) is 2.28. The second kappa shape index (κ2) is 12.4. The van der Waals surface area contributed by atoms with E-state index < -0.39 is 11.8 Å². The van der Waals surface area contributed by atoms with Crippen LogP contribution in [0.3, 0.4) is 0 Å². The molecule has 5 aromatic carbocycles. The van der Waals surface area contributed by atoms with Crippen LogP contribution in [0.5, 0.6) is 23.0 Å². The highest BCUT2D eigenvalue weighted by atomic mass is 16.5. The van der Waals surface area contributed by atoms with Crippen molar-refractivity contribution < 1.29 is 28.7 Å². The molecule has 2 aliphatic heterocycles. The lowest BCUT2D eigenvalue weighted by molar-refractivity contribution is 0.0874. The molecule has 2 heterocycles. The largest absolute Gasteiger partial charge is 0.457 e. The molecule has 8 nitrogen and oxygen atoms in total. The lowest BCUT2D eigenvalue weighted by Gasteiger charge is -2.26. The fraction of sp³-hybridized carbons (Fsp3) is 0.128. The Morgan fingerprint density at radius 1 is 0.511 bits per heavy atom. The van der Waals surface area contributed by atoms with Crippen LogP contribution in [-0.4, -0.2) is 23.6 Å². The average molecular weight is 627 g/mol. The Morgan fingerprint density at radius 2 is 0.957 bits per heavy atom. The van der Waals surface area contributed by atoms with Gasteiger partial charge in [-0.15, -0.1) is 0 Å². The molecule has 0 saturated carbocycles.